The maximum absolute atomic E-state index is 10.8. The fourth-order valence-corrected chi connectivity index (χ4v) is 1.25. The van der Waals surface area contributed by atoms with Crippen molar-refractivity contribution in [1.29, 1.82) is 0 Å². The van der Waals surface area contributed by atoms with Crippen LogP contribution in [0.5, 0.6) is 0 Å². The Labute approximate surface area is 105 Å². The van der Waals surface area contributed by atoms with Crippen molar-refractivity contribution in [2.75, 3.05) is 0 Å². The Morgan fingerprint density at radius 2 is 2.25 bits per heavy atom. The number of carboxylic acid groups (broad SMARTS) is 1. The third-order valence-corrected chi connectivity index (χ3v) is 1.89. The summed E-state index contributed by atoms with van der Waals surface area (Å²) >= 11 is 0. The van der Waals surface area contributed by atoms with E-state index in [2.05, 4.69) is 9.97 Å². The van der Waals surface area contributed by atoms with Gasteiger partial charge in [0.2, 0.25) is 0 Å². The van der Waals surface area contributed by atoms with Crippen LogP contribution in [0.25, 0.3) is 11.5 Å². The van der Waals surface area contributed by atoms with Gasteiger partial charge in [0.1, 0.15) is 5.69 Å². The van der Waals surface area contributed by atoms with Crippen LogP contribution in [0.2, 0.25) is 0 Å². The van der Waals surface area contributed by atoms with Crippen LogP contribution in [0.4, 0.5) is 0 Å². The zero-order valence-electron chi connectivity index (χ0n) is 9.97. The molecule has 0 aliphatic heterocycles. The summed E-state index contributed by atoms with van der Waals surface area (Å²) in [6.07, 6.45) is 1.10. The van der Waals surface area contributed by atoms with Gasteiger partial charge in [0.25, 0.3) is 0 Å². The predicted molar refractivity (Wildman–Crippen MR) is 52.5 cm³/mol. The largest absolute Gasteiger partial charge is 1.00 e. The molecule has 2 rings (SSSR count). The van der Waals surface area contributed by atoms with Gasteiger partial charge in [-0.2, -0.15) is 0 Å². The van der Waals surface area contributed by atoms with E-state index in [1.165, 1.54) is 0 Å². The van der Waals surface area contributed by atoms with Gasteiger partial charge in [0.05, 0.1) is 0 Å². The summed E-state index contributed by atoms with van der Waals surface area (Å²) in [5, 5.41) is 8.83. The van der Waals surface area contributed by atoms with Crippen molar-refractivity contribution in [3.8, 4) is 11.5 Å². The van der Waals surface area contributed by atoms with Crippen molar-refractivity contribution in [1.82, 2.24) is 9.97 Å². The molecular formula is C10H9LiN2O3. The number of oxazole rings is 1. The molecule has 0 fully saturated rings. The number of carboxylic acids is 1. The van der Waals surface area contributed by atoms with E-state index in [4.69, 9.17) is 9.52 Å². The first kappa shape index (κ1) is 12.5. The second-order valence-electron chi connectivity index (χ2n) is 3.00. The van der Waals surface area contributed by atoms with Crippen molar-refractivity contribution >= 4 is 5.97 Å². The molecule has 0 aliphatic rings. The molecule has 0 bridgehead atoms. The third kappa shape index (κ3) is 2.32. The Morgan fingerprint density at radius 1 is 1.50 bits per heavy atom. The molecule has 16 heavy (non-hydrogen) atoms. The molecule has 0 amide bonds. The molecule has 2 heterocycles. The molecule has 2 aromatic heterocycles. The van der Waals surface area contributed by atoms with Crippen LogP contribution >= 0.6 is 0 Å². The van der Waals surface area contributed by atoms with Gasteiger partial charge in [-0.05, 0) is 19.1 Å². The summed E-state index contributed by atoms with van der Waals surface area (Å²) in [4.78, 5) is 18.6. The van der Waals surface area contributed by atoms with Crippen molar-refractivity contribution in [2.24, 2.45) is 0 Å². The van der Waals surface area contributed by atoms with E-state index in [1.807, 2.05) is 13.0 Å². The van der Waals surface area contributed by atoms with Crippen LogP contribution in [0.15, 0.2) is 29.0 Å². The van der Waals surface area contributed by atoms with E-state index >= 15 is 0 Å². The first-order valence-electron chi connectivity index (χ1n) is 4.29. The van der Waals surface area contributed by atoms with Crippen molar-refractivity contribution in [3.63, 3.8) is 0 Å². The Morgan fingerprint density at radius 3 is 2.88 bits per heavy atom. The van der Waals surface area contributed by atoms with Gasteiger partial charge in [-0.3, -0.25) is 0 Å². The van der Waals surface area contributed by atoms with Gasteiger partial charge in [0.15, 0.2) is 17.8 Å². The van der Waals surface area contributed by atoms with E-state index < -0.39 is 5.97 Å². The fourth-order valence-electron chi connectivity index (χ4n) is 1.25. The van der Waals surface area contributed by atoms with Gasteiger partial charge < -0.3 is 11.0 Å². The average molecular weight is 212 g/mol. The Balaban J connectivity index is 0.00000128. The zero-order valence-corrected chi connectivity index (χ0v) is 8.97. The standard InChI is InChI=1S/C10H8N2O3.Li.H/c1-6-3-2-4-7(12-6)9-8(10(13)14)11-5-15-9;;/h2-5H,1H3,(H,13,14);;/q;+1;-1. The Bertz CT molecular complexity index is 516. The molecule has 0 saturated heterocycles. The smallest absolute Gasteiger partial charge is 1.00 e. The average Bonchev–Trinajstić information content (AvgIpc) is 2.65. The molecule has 6 heteroatoms. The minimum Gasteiger partial charge on any atom is -1.00 e. The number of aryl methyl sites for hydroxylation is 1. The minimum atomic E-state index is -1.12. The number of pyridine rings is 1. The Hall–Kier alpha value is -1.57. The summed E-state index contributed by atoms with van der Waals surface area (Å²) in [5.74, 6) is -0.937. The zero-order chi connectivity index (χ0) is 10.8. The molecule has 0 saturated carbocycles. The normalized spacial score (nSPS) is 9.56. The molecule has 0 atom stereocenters. The van der Waals surface area contributed by atoms with E-state index in [0.29, 0.717) is 5.69 Å². The van der Waals surface area contributed by atoms with Crippen LogP contribution in [0.1, 0.15) is 17.6 Å². The topological polar surface area (TPSA) is 76.2 Å². The molecule has 0 aromatic carbocycles. The van der Waals surface area contributed by atoms with Gasteiger partial charge in [-0.25, -0.2) is 14.8 Å². The van der Waals surface area contributed by atoms with Crippen molar-refractivity contribution in [2.45, 2.75) is 6.92 Å². The van der Waals surface area contributed by atoms with E-state index in [-0.39, 0.29) is 31.7 Å². The van der Waals surface area contributed by atoms with Crippen molar-refractivity contribution in [3.05, 3.63) is 36.0 Å². The van der Waals surface area contributed by atoms with Gasteiger partial charge in [-0.1, -0.05) is 6.07 Å². The molecular weight excluding hydrogens is 203 g/mol. The summed E-state index contributed by atoms with van der Waals surface area (Å²) < 4.78 is 5.01. The van der Waals surface area contributed by atoms with Gasteiger partial charge >= 0.3 is 24.8 Å². The van der Waals surface area contributed by atoms with E-state index in [1.54, 1.807) is 12.1 Å². The SMILES string of the molecule is Cc1cccc(-c2ocnc2C(=O)O)n1.[H-].[Li+]. The summed E-state index contributed by atoms with van der Waals surface area (Å²) in [6.45, 7) is 1.82. The predicted octanol–water partition coefficient (Wildman–Crippen LogP) is -1.14. The number of aromatic carboxylic acids is 1. The van der Waals surface area contributed by atoms with Gasteiger partial charge in [0, 0.05) is 5.69 Å². The van der Waals surface area contributed by atoms with Crippen LogP contribution in [-0.4, -0.2) is 21.0 Å². The maximum Gasteiger partial charge on any atom is 1.00 e. The molecule has 0 radical (unpaired) electrons. The summed E-state index contributed by atoms with van der Waals surface area (Å²) in [6, 6.07) is 5.28. The number of hydrogen-bond donors (Lipinski definition) is 1. The first-order valence-corrected chi connectivity index (χ1v) is 4.29. The molecule has 0 unspecified atom stereocenters. The molecule has 2 aromatic rings. The second kappa shape index (κ2) is 4.97. The molecule has 1 N–H and O–H groups in total. The monoisotopic (exact) mass is 212 g/mol. The first-order chi connectivity index (χ1) is 7.18. The molecule has 5 nitrogen and oxygen atoms in total. The third-order valence-electron chi connectivity index (χ3n) is 1.89. The van der Waals surface area contributed by atoms with Crippen molar-refractivity contribution < 1.29 is 34.6 Å². The van der Waals surface area contributed by atoms with Crippen LogP contribution in [0.3, 0.4) is 0 Å². The number of carbonyl (C=O) groups is 1. The van der Waals surface area contributed by atoms with Crippen LogP contribution < -0.4 is 18.9 Å². The minimum absolute atomic E-state index is 0. The number of rotatable bonds is 2. The molecule has 78 valence electrons. The number of nitrogens with zero attached hydrogens (tertiary/aromatic N) is 2. The maximum atomic E-state index is 10.8. The number of hydrogen-bond acceptors (Lipinski definition) is 4. The van der Waals surface area contributed by atoms with Crippen LogP contribution in [-0.2, 0) is 0 Å². The van der Waals surface area contributed by atoms with Crippen LogP contribution in [0, 0.1) is 6.92 Å². The van der Waals surface area contributed by atoms with E-state index in [0.717, 1.165) is 12.1 Å². The fraction of sp³-hybridized carbons (Fsp3) is 0.100. The second-order valence-corrected chi connectivity index (χ2v) is 3.00. The summed E-state index contributed by atoms with van der Waals surface area (Å²) in [7, 11) is 0. The van der Waals surface area contributed by atoms with E-state index in [9.17, 15) is 4.79 Å². The number of aromatic nitrogens is 2. The molecule has 0 aliphatic carbocycles. The molecule has 0 spiro atoms. The quantitative estimate of drug-likeness (QED) is 0.637. The Kier molecular flexibility index (Phi) is 3.88. The van der Waals surface area contributed by atoms with Gasteiger partial charge in [-0.15, -0.1) is 0 Å². The summed E-state index contributed by atoms with van der Waals surface area (Å²) in [5.41, 5.74) is 1.15.